The van der Waals surface area contributed by atoms with Crippen LogP contribution in [0.1, 0.15) is 25.6 Å². The van der Waals surface area contributed by atoms with Gasteiger partial charge >= 0.3 is 0 Å². The molecule has 94 valence electrons. The number of aryl methyl sites for hydroxylation is 1. The molecule has 0 amide bonds. The zero-order chi connectivity index (χ0) is 13.1. The van der Waals surface area contributed by atoms with Crippen LogP contribution in [0.5, 0.6) is 0 Å². The number of H-pyrrole nitrogens is 1. The monoisotopic (exact) mass is 309 g/mol. The van der Waals surface area contributed by atoms with E-state index in [1.54, 1.807) is 17.7 Å². The fraction of sp³-hybridized carbons (Fsp3) is 0.417. The van der Waals surface area contributed by atoms with Gasteiger partial charge in [0.2, 0.25) is 0 Å². The number of hydrogen-bond donors (Lipinski definition) is 1. The molecular weight excluding hydrogens is 298 g/mol. The maximum Gasteiger partial charge on any atom is 0.267 e. The van der Waals surface area contributed by atoms with Gasteiger partial charge in [-0.05, 0) is 42.6 Å². The van der Waals surface area contributed by atoms with Gasteiger partial charge in [-0.2, -0.15) is 0 Å². The molecular formula is C12H12BrN3O2. The Morgan fingerprint density at radius 2 is 2.11 bits per heavy atom. The molecule has 0 atom stereocenters. The van der Waals surface area contributed by atoms with Crippen molar-refractivity contribution in [1.82, 2.24) is 14.5 Å². The van der Waals surface area contributed by atoms with E-state index in [2.05, 4.69) is 25.9 Å². The molecule has 0 radical (unpaired) electrons. The minimum Gasteiger partial charge on any atom is -0.310 e. The maximum atomic E-state index is 12.3. The molecule has 2 aromatic heterocycles. The normalized spacial score (nSPS) is 17.1. The Balaban J connectivity index is 2.48. The first kappa shape index (κ1) is 11.6. The third-order valence-corrected chi connectivity index (χ3v) is 4.22. The minimum absolute atomic E-state index is 0.125. The molecule has 1 saturated carbocycles. The van der Waals surface area contributed by atoms with Crippen LogP contribution in [0.3, 0.4) is 0 Å². The SMILES string of the molecule is Cc1nc2c(Br)c(=O)n(C3(C)CC3)cc2c(=O)[nH]1. The van der Waals surface area contributed by atoms with E-state index in [9.17, 15) is 9.59 Å². The highest BCUT2D eigenvalue weighted by atomic mass is 79.9. The average molecular weight is 310 g/mol. The summed E-state index contributed by atoms with van der Waals surface area (Å²) in [5.74, 6) is 0.503. The van der Waals surface area contributed by atoms with Gasteiger partial charge in [-0.3, -0.25) is 9.59 Å². The molecule has 18 heavy (non-hydrogen) atoms. The summed E-state index contributed by atoms with van der Waals surface area (Å²) in [6, 6.07) is 0. The Morgan fingerprint density at radius 3 is 2.72 bits per heavy atom. The second-order valence-corrected chi connectivity index (χ2v) is 5.82. The van der Waals surface area contributed by atoms with Crippen LogP contribution in [-0.2, 0) is 5.54 Å². The molecule has 5 nitrogen and oxygen atoms in total. The van der Waals surface area contributed by atoms with E-state index in [0.717, 1.165) is 12.8 Å². The number of hydrogen-bond acceptors (Lipinski definition) is 3. The van der Waals surface area contributed by atoms with Gasteiger partial charge in [-0.15, -0.1) is 0 Å². The van der Waals surface area contributed by atoms with Crippen LogP contribution in [0.4, 0.5) is 0 Å². The molecule has 6 heteroatoms. The summed E-state index contributed by atoms with van der Waals surface area (Å²) in [7, 11) is 0. The highest BCUT2D eigenvalue weighted by Crippen LogP contribution is 2.42. The van der Waals surface area contributed by atoms with Crippen LogP contribution in [0, 0.1) is 6.92 Å². The Labute approximate surface area is 111 Å². The molecule has 0 saturated heterocycles. The predicted molar refractivity (Wildman–Crippen MR) is 71.9 cm³/mol. The van der Waals surface area contributed by atoms with Crippen LogP contribution in [0.2, 0.25) is 0 Å². The number of aromatic nitrogens is 3. The summed E-state index contributed by atoms with van der Waals surface area (Å²) in [5, 5.41) is 0.445. The molecule has 2 aromatic rings. The van der Waals surface area contributed by atoms with E-state index in [1.165, 1.54) is 0 Å². The molecule has 0 bridgehead atoms. The zero-order valence-electron chi connectivity index (χ0n) is 10.1. The second kappa shape index (κ2) is 3.54. The van der Waals surface area contributed by atoms with Crippen LogP contribution in [0.15, 0.2) is 20.3 Å². The smallest absolute Gasteiger partial charge is 0.267 e. The van der Waals surface area contributed by atoms with Gasteiger partial charge in [-0.1, -0.05) is 0 Å². The van der Waals surface area contributed by atoms with E-state index in [0.29, 0.717) is 21.2 Å². The molecule has 2 heterocycles. The third kappa shape index (κ3) is 1.55. The molecule has 1 aliphatic carbocycles. The number of aromatic amines is 1. The Bertz CT molecular complexity index is 771. The van der Waals surface area contributed by atoms with Crippen LogP contribution in [-0.4, -0.2) is 14.5 Å². The Kier molecular flexibility index (Phi) is 2.29. The van der Waals surface area contributed by atoms with Crippen LogP contribution in [0.25, 0.3) is 10.9 Å². The quantitative estimate of drug-likeness (QED) is 0.871. The number of rotatable bonds is 1. The lowest BCUT2D eigenvalue weighted by Gasteiger charge is -2.14. The summed E-state index contributed by atoms with van der Waals surface area (Å²) in [6.45, 7) is 3.71. The van der Waals surface area contributed by atoms with Crippen LogP contribution >= 0.6 is 15.9 Å². The van der Waals surface area contributed by atoms with Crippen molar-refractivity contribution in [3.05, 3.63) is 37.2 Å². The van der Waals surface area contributed by atoms with Crippen molar-refractivity contribution in [2.75, 3.05) is 0 Å². The molecule has 1 fully saturated rings. The van der Waals surface area contributed by atoms with Gasteiger partial charge in [0.25, 0.3) is 11.1 Å². The molecule has 3 rings (SSSR count). The van der Waals surface area contributed by atoms with Crippen molar-refractivity contribution in [3.8, 4) is 0 Å². The Morgan fingerprint density at radius 1 is 1.44 bits per heavy atom. The predicted octanol–water partition coefficient (Wildman–Crippen LogP) is 1.66. The largest absolute Gasteiger partial charge is 0.310 e. The molecule has 0 aliphatic heterocycles. The van der Waals surface area contributed by atoms with Gasteiger partial charge in [0, 0.05) is 11.7 Å². The van der Waals surface area contributed by atoms with E-state index in [-0.39, 0.29) is 16.7 Å². The molecule has 0 unspecified atom stereocenters. The lowest BCUT2D eigenvalue weighted by atomic mass is 10.2. The number of halogens is 1. The first-order chi connectivity index (χ1) is 8.42. The standard InChI is InChI=1S/C12H12BrN3O2/c1-6-14-9-7(10(17)15-6)5-16(11(18)8(9)13)12(2)3-4-12/h5H,3-4H2,1-2H3,(H,14,15,17). The van der Waals surface area contributed by atoms with E-state index in [4.69, 9.17) is 0 Å². The van der Waals surface area contributed by atoms with Crippen molar-refractivity contribution in [3.63, 3.8) is 0 Å². The highest BCUT2D eigenvalue weighted by Gasteiger charge is 2.40. The lowest BCUT2D eigenvalue weighted by molar-refractivity contribution is 0.514. The third-order valence-electron chi connectivity index (χ3n) is 3.50. The first-order valence-electron chi connectivity index (χ1n) is 5.75. The van der Waals surface area contributed by atoms with Crippen molar-refractivity contribution in [1.29, 1.82) is 0 Å². The topological polar surface area (TPSA) is 67.8 Å². The number of nitrogens with one attached hydrogen (secondary N) is 1. The average Bonchev–Trinajstić information content (AvgIpc) is 3.03. The number of fused-ring (bicyclic) bond motifs is 1. The lowest BCUT2D eigenvalue weighted by Crippen LogP contribution is -2.30. The van der Waals surface area contributed by atoms with Gasteiger partial charge < -0.3 is 9.55 Å². The summed E-state index contributed by atoms with van der Waals surface area (Å²) < 4.78 is 2.01. The van der Waals surface area contributed by atoms with Crippen molar-refractivity contribution >= 4 is 26.8 Å². The summed E-state index contributed by atoms with van der Waals surface area (Å²) in [4.78, 5) is 31.1. The minimum atomic E-state index is -0.212. The van der Waals surface area contributed by atoms with E-state index >= 15 is 0 Å². The Hall–Kier alpha value is -1.43. The van der Waals surface area contributed by atoms with Crippen LogP contribution < -0.4 is 11.1 Å². The second-order valence-electron chi connectivity index (χ2n) is 5.03. The van der Waals surface area contributed by atoms with Crippen molar-refractivity contribution in [2.45, 2.75) is 32.2 Å². The molecule has 1 aliphatic rings. The summed E-state index contributed by atoms with van der Waals surface area (Å²) in [6.07, 6.45) is 3.55. The molecule has 0 aromatic carbocycles. The van der Waals surface area contributed by atoms with Gasteiger partial charge in [-0.25, -0.2) is 4.98 Å². The van der Waals surface area contributed by atoms with Crippen molar-refractivity contribution < 1.29 is 0 Å². The fourth-order valence-corrected chi connectivity index (χ4v) is 2.59. The zero-order valence-corrected chi connectivity index (χ0v) is 11.7. The highest BCUT2D eigenvalue weighted by molar-refractivity contribution is 9.10. The number of nitrogens with zero attached hydrogens (tertiary/aromatic N) is 2. The maximum absolute atomic E-state index is 12.3. The first-order valence-corrected chi connectivity index (χ1v) is 6.54. The summed E-state index contributed by atoms with van der Waals surface area (Å²) >= 11 is 3.27. The van der Waals surface area contributed by atoms with Gasteiger partial charge in [0.1, 0.15) is 10.3 Å². The fourth-order valence-electron chi connectivity index (χ4n) is 2.10. The van der Waals surface area contributed by atoms with Gasteiger partial charge in [0.15, 0.2) is 0 Å². The molecule has 0 spiro atoms. The van der Waals surface area contributed by atoms with Gasteiger partial charge in [0.05, 0.1) is 10.9 Å². The molecule has 1 N–H and O–H groups in total. The van der Waals surface area contributed by atoms with E-state index in [1.807, 2.05) is 6.92 Å². The van der Waals surface area contributed by atoms with E-state index < -0.39 is 0 Å². The number of pyridine rings is 1. The summed E-state index contributed by atoms with van der Waals surface area (Å²) in [5.41, 5.74) is -0.0524. The van der Waals surface area contributed by atoms with Crippen molar-refractivity contribution in [2.24, 2.45) is 0 Å².